The molecule has 0 saturated heterocycles. The van der Waals surface area contributed by atoms with E-state index in [1.54, 1.807) is 18.3 Å². The number of fused-ring (bicyclic) bond motifs is 1. The summed E-state index contributed by atoms with van der Waals surface area (Å²) in [6.45, 7) is 6.73. The standard InChI is InChI=1S/C22H20ClNO4/c1-12-6-13(2)17(14(3)7-12)10-24-11-18(20(25)9-21(26)22(27)28)16-8-15(23)4-5-19(16)24/h4-9,11,25H,10H2,1-3H3,(H,27,28)/b20-9-. The normalized spacial score (nSPS) is 11.8. The van der Waals surface area contributed by atoms with Crippen LogP contribution in [0.2, 0.25) is 5.02 Å². The van der Waals surface area contributed by atoms with Crippen molar-refractivity contribution in [1.29, 1.82) is 0 Å². The highest BCUT2D eigenvalue weighted by Gasteiger charge is 2.17. The summed E-state index contributed by atoms with van der Waals surface area (Å²) >= 11 is 6.12. The van der Waals surface area contributed by atoms with Gasteiger partial charge in [0.2, 0.25) is 0 Å². The Bertz CT molecular complexity index is 1120. The van der Waals surface area contributed by atoms with Crippen molar-refractivity contribution >= 4 is 40.0 Å². The molecule has 1 heterocycles. The molecule has 0 aliphatic heterocycles. The molecule has 0 fully saturated rings. The summed E-state index contributed by atoms with van der Waals surface area (Å²) in [5.41, 5.74) is 5.85. The number of carboxylic acid groups (broad SMARTS) is 1. The Kier molecular flexibility index (Phi) is 5.29. The molecule has 0 saturated carbocycles. The van der Waals surface area contributed by atoms with Crippen LogP contribution in [0.3, 0.4) is 0 Å². The maximum Gasteiger partial charge on any atom is 0.376 e. The minimum absolute atomic E-state index is 0.356. The highest BCUT2D eigenvalue weighted by molar-refractivity contribution is 6.38. The van der Waals surface area contributed by atoms with Crippen LogP contribution in [0.15, 0.2) is 42.6 Å². The number of halogens is 1. The Balaban J connectivity index is 2.15. The van der Waals surface area contributed by atoms with Crippen LogP contribution in [0.25, 0.3) is 16.7 Å². The molecule has 0 bridgehead atoms. The van der Waals surface area contributed by atoms with Gasteiger partial charge in [-0.15, -0.1) is 0 Å². The number of hydrogen-bond acceptors (Lipinski definition) is 3. The molecular formula is C22H20ClNO4. The van der Waals surface area contributed by atoms with Crippen LogP contribution in [0.4, 0.5) is 0 Å². The number of aliphatic hydroxyl groups is 1. The first-order valence-corrected chi connectivity index (χ1v) is 9.08. The molecule has 0 aliphatic rings. The topological polar surface area (TPSA) is 79.5 Å². The number of nitrogens with zero attached hydrogens (tertiary/aromatic N) is 1. The number of aryl methyl sites for hydroxylation is 3. The van der Waals surface area contributed by atoms with Crippen molar-refractivity contribution in [2.24, 2.45) is 0 Å². The lowest BCUT2D eigenvalue weighted by atomic mass is 10.00. The van der Waals surface area contributed by atoms with Crippen molar-refractivity contribution in [3.05, 3.63) is 75.4 Å². The van der Waals surface area contributed by atoms with E-state index in [1.165, 1.54) is 5.56 Å². The highest BCUT2D eigenvalue weighted by atomic mass is 35.5. The zero-order valence-electron chi connectivity index (χ0n) is 15.8. The van der Waals surface area contributed by atoms with Gasteiger partial charge in [0.05, 0.1) is 0 Å². The molecule has 3 aromatic rings. The van der Waals surface area contributed by atoms with Crippen molar-refractivity contribution < 1.29 is 19.8 Å². The fourth-order valence-corrected chi connectivity index (χ4v) is 3.67. The van der Waals surface area contributed by atoms with Gasteiger partial charge in [0.15, 0.2) is 0 Å². The van der Waals surface area contributed by atoms with Gasteiger partial charge in [0.1, 0.15) is 5.76 Å². The zero-order chi connectivity index (χ0) is 20.6. The molecule has 0 amide bonds. The van der Waals surface area contributed by atoms with E-state index in [1.807, 2.05) is 10.6 Å². The quantitative estimate of drug-likeness (QED) is 0.367. The third-order valence-corrected chi connectivity index (χ3v) is 5.00. The van der Waals surface area contributed by atoms with Crippen LogP contribution in [-0.2, 0) is 16.1 Å². The molecule has 0 atom stereocenters. The van der Waals surface area contributed by atoms with Crippen LogP contribution in [0.5, 0.6) is 0 Å². The second-order valence-electron chi connectivity index (χ2n) is 6.91. The predicted molar refractivity (Wildman–Crippen MR) is 110 cm³/mol. The van der Waals surface area contributed by atoms with Gasteiger partial charge in [-0.25, -0.2) is 4.79 Å². The number of benzene rings is 2. The molecule has 0 unspecified atom stereocenters. The Labute approximate surface area is 167 Å². The highest BCUT2D eigenvalue weighted by Crippen LogP contribution is 2.30. The van der Waals surface area contributed by atoms with E-state index in [0.717, 1.165) is 22.2 Å². The maximum atomic E-state index is 11.5. The molecule has 2 N–H and O–H groups in total. The smallest absolute Gasteiger partial charge is 0.376 e. The number of aromatic nitrogens is 1. The third-order valence-electron chi connectivity index (χ3n) is 4.77. The number of hydrogen-bond donors (Lipinski definition) is 2. The van der Waals surface area contributed by atoms with Gasteiger partial charge in [-0.2, -0.15) is 0 Å². The average molecular weight is 398 g/mol. The fourth-order valence-electron chi connectivity index (χ4n) is 3.50. The van der Waals surface area contributed by atoms with Gasteiger partial charge in [0.25, 0.3) is 5.78 Å². The molecule has 2 aromatic carbocycles. The first-order valence-electron chi connectivity index (χ1n) is 8.70. The third kappa shape index (κ3) is 3.80. The van der Waals surface area contributed by atoms with Gasteiger partial charge in [0, 0.05) is 40.3 Å². The Morgan fingerprint density at radius 1 is 1.07 bits per heavy atom. The molecule has 0 aliphatic carbocycles. The fraction of sp³-hybridized carbons (Fsp3) is 0.182. The predicted octanol–water partition coefficient (Wildman–Crippen LogP) is 4.82. The first kappa shape index (κ1) is 19.7. The van der Waals surface area contributed by atoms with E-state index in [4.69, 9.17) is 16.7 Å². The van der Waals surface area contributed by atoms with Crippen molar-refractivity contribution in [3.8, 4) is 0 Å². The minimum atomic E-state index is -1.63. The number of aliphatic carboxylic acids is 1. The zero-order valence-corrected chi connectivity index (χ0v) is 16.5. The summed E-state index contributed by atoms with van der Waals surface area (Å²) in [6.07, 6.45) is 2.42. The summed E-state index contributed by atoms with van der Waals surface area (Å²) in [5.74, 6) is -3.22. The first-order chi connectivity index (χ1) is 13.2. The van der Waals surface area contributed by atoms with Gasteiger partial charge >= 0.3 is 5.97 Å². The molecule has 28 heavy (non-hydrogen) atoms. The lowest BCUT2D eigenvalue weighted by Crippen LogP contribution is -2.09. The van der Waals surface area contributed by atoms with Gasteiger partial charge in [-0.05, 0) is 55.7 Å². The molecule has 5 nitrogen and oxygen atoms in total. The number of carbonyl (C=O) groups excluding carboxylic acids is 1. The van der Waals surface area contributed by atoms with Gasteiger partial charge in [-0.3, -0.25) is 4.79 Å². The Morgan fingerprint density at radius 2 is 1.71 bits per heavy atom. The molecule has 144 valence electrons. The van der Waals surface area contributed by atoms with Crippen LogP contribution in [0, 0.1) is 20.8 Å². The second kappa shape index (κ2) is 7.52. The van der Waals surface area contributed by atoms with E-state index >= 15 is 0 Å². The summed E-state index contributed by atoms with van der Waals surface area (Å²) in [4.78, 5) is 22.3. The number of rotatable bonds is 5. The Hall–Kier alpha value is -3.05. The van der Waals surface area contributed by atoms with Crippen LogP contribution in [-0.4, -0.2) is 26.5 Å². The maximum absolute atomic E-state index is 11.5. The van der Waals surface area contributed by atoms with E-state index in [2.05, 4.69) is 32.9 Å². The van der Waals surface area contributed by atoms with Crippen molar-refractivity contribution in [3.63, 3.8) is 0 Å². The second-order valence-corrected chi connectivity index (χ2v) is 7.34. The SMILES string of the molecule is Cc1cc(C)c(Cn2cc(/C(O)=C/C(=O)C(=O)O)c3cc(Cl)ccc32)c(C)c1. The molecule has 0 radical (unpaired) electrons. The van der Waals surface area contributed by atoms with Crippen LogP contribution in [0.1, 0.15) is 27.8 Å². The number of ketones is 1. The molecule has 1 aromatic heterocycles. The Morgan fingerprint density at radius 3 is 2.32 bits per heavy atom. The number of carboxylic acids is 1. The van der Waals surface area contributed by atoms with E-state index < -0.39 is 17.5 Å². The average Bonchev–Trinajstić information content (AvgIpc) is 2.95. The van der Waals surface area contributed by atoms with Crippen molar-refractivity contribution in [2.45, 2.75) is 27.3 Å². The van der Waals surface area contributed by atoms with E-state index in [-0.39, 0.29) is 0 Å². The molecule has 0 spiro atoms. The molecule has 6 heteroatoms. The summed E-state index contributed by atoms with van der Waals surface area (Å²) in [6, 6.07) is 9.52. The van der Waals surface area contributed by atoms with Crippen molar-refractivity contribution in [1.82, 2.24) is 4.57 Å². The van der Waals surface area contributed by atoms with E-state index in [0.29, 0.717) is 28.6 Å². The van der Waals surface area contributed by atoms with Crippen LogP contribution < -0.4 is 0 Å². The number of carbonyl (C=O) groups is 2. The lowest BCUT2D eigenvalue weighted by molar-refractivity contribution is -0.146. The van der Waals surface area contributed by atoms with E-state index in [9.17, 15) is 14.7 Å². The summed E-state index contributed by atoms with van der Waals surface area (Å²) in [5, 5.41) is 20.3. The van der Waals surface area contributed by atoms with Crippen molar-refractivity contribution in [2.75, 3.05) is 0 Å². The largest absolute Gasteiger partial charge is 0.507 e. The van der Waals surface area contributed by atoms with Gasteiger partial charge in [-0.1, -0.05) is 29.3 Å². The monoisotopic (exact) mass is 397 g/mol. The number of aliphatic hydroxyl groups excluding tert-OH is 1. The lowest BCUT2D eigenvalue weighted by Gasteiger charge is -2.13. The minimum Gasteiger partial charge on any atom is -0.507 e. The van der Waals surface area contributed by atoms with Gasteiger partial charge < -0.3 is 14.8 Å². The summed E-state index contributed by atoms with van der Waals surface area (Å²) < 4.78 is 1.96. The summed E-state index contributed by atoms with van der Waals surface area (Å²) in [7, 11) is 0. The molecule has 3 rings (SSSR count). The van der Waals surface area contributed by atoms with Crippen LogP contribution >= 0.6 is 11.6 Å². The molecular weight excluding hydrogens is 378 g/mol.